The van der Waals surface area contributed by atoms with Gasteiger partial charge in [-0.2, -0.15) is 0 Å². The number of aliphatic carboxylic acids is 1. The molecule has 1 atom stereocenters. The molecule has 0 unspecified atom stereocenters. The van der Waals surface area contributed by atoms with Gasteiger partial charge in [0.25, 0.3) is 0 Å². The summed E-state index contributed by atoms with van der Waals surface area (Å²) < 4.78 is 5.23. The minimum Gasteiger partial charge on any atom is -0.496 e. The molecule has 1 aromatic rings. The second-order valence-corrected chi connectivity index (χ2v) is 3.94. The summed E-state index contributed by atoms with van der Waals surface area (Å²) in [5, 5.41) is 12.5. The number of carboxylic acids is 1. The number of hydrogen-bond donors (Lipinski definition) is 2. The fourth-order valence-electron chi connectivity index (χ4n) is 2.27. The van der Waals surface area contributed by atoms with Gasteiger partial charge in [0.05, 0.1) is 7.11 Å². The smallest absolute Gasteiger partial charge is 0.328 e. The monoisotopic (exact) mass is 221 g/mol. The van der Waals surface area contributed by atoms with Crippen molar-refractivity contribution >= 4 is 5.97 Å². The van der Waals surface area contributed by atoms with Crippen LogP contribution in [0.4, 0.5) is 0 Å². The van der Waals surface area contributed by atoms with Crippen LogP contribution in [-0.2, 0) is 10.3 Å². The molecule has 2 rings (SSSR count). The van der Waals surface area contributed by atoms with Gasteiger partial charge in [-0.1, -0.05) is 18.2 Å². The second-order valence-electron chi connectivity index (χ2n) is 3.94. The number of carboxylic acid groups (broad SMARTS) is 1. The number of carbonyl (C=O) groups is 1. The van der Waals surface area contributed by atoms with Crippen LogP contribution in [0, 0.1) is 0 Å². The number of benzene rings is 1. The summed E-state index contributed by atoms with van der Waals surface area (Å²) in [6, 6.07) is 7.28. The van der Waals surface area contributed by atoms with E-state index in [1.165, 1.54) is 0 Å². The van der Waals surface area contributed by atoms with Crippen molar-refractivity contribution in [1.29, 1.82) is 0 Å². The van der Waals surface area contributed by atoms with Crippen LogP contribution in [0.15, 0.2) is 24.3 Å². The lowest BCUT2D eigenvalue weighted by Gasteiger charge is -2.26. The molecule has 1 aromatic carbocycles. The molecule has 1 fully saturated rings. The maximum Gasteiger partial charge on any atom is 0.328 e. The number of rotatable bonds is 3. The molecule has 16 heavy (non-hydrogen) atoms. The van der Waals surface area contributed by atoms with Crippen molar-refractivity contribution < 1.29 is 14.6 Å². The third-order valence-corrected chi connectivity index (χ3v) is 3.09. The van der Waals surface area contributed by atoms with Crippen molar-refractivity contribution in [2.75, 3.05) is 13.7 Å². The zero-order valence-corrected chi connectivity index (χ0v) is 9.19. The van der Waals surface area contributed by atoms with Crippen LogP contribution in [0.3, 0.4) is 0 Å². The van der Waals surface area contributed by atoms with Gasteiger partial charge in [-0.05, 0) is 25.5 Å². The van der Waals surface area contributed by atoms with Crippen LogP contribution < -0.4 is 10.1 Å². The lowest BCUT2D eigenvalue weighted by molar-refractivity contribution is -0.144. The highest BCUT2D eigenvalue weighted by Crippen LogP contribution is 2.36. The van der Waals surface area contributed by atoms with Gasteiger partial charge in [0.1, 0.15) is 11.3 Å². The Bertz CT molecular complexity index is 397. The van der Waals surface area contributed by atoms with E-state index >= 15 is 0 Å². The third-order valence-electron chi connectivity index (χ3n) is 3.09. The number of methoxy groups -OCH3 is 1. The molecule has 0 bridgehead atoms. The average molecular weight is 221 g/mol. The first-order valence-electron chi connectivity index (χ1n) is 5.32. The summed E-state index contributed by atoms with van der Waals surface area (Å²) in [7, 11) is 1.56. The molecule has 4 heteroatoms. The van der Waals surface area contributed by atoms with Crippen molar-refractivity contribution in [3.8, 4) is 5.75 Å². The number of hydrogen-bond acceptors (Lipinski definition) is 3. The topological polar surface area (TPSA) is 58.6 Å². The van der Waals surface area contributed by atoms with Gasteiger partial charge in [-0.25, -0.2) is 4.79 Å². The zero-order valence-electron chi connectivity index (χ0n) is 9.19. The molecule has 0 radical (unpaired) electrons. The van der Waals surface area contributed by atoms with Gasteiger partial charge >= 0.3 is 5.97 Å². The summed E-state index contributed by atoms with van der Waals surface area (Å²) >= 11 is 0. The minimum atomic E-state index is -0.980. The van der Waals surface area contributed by atoms with Gasteiger partial charge in [0.15, 0.2) is 0 Å². The Labute approximate surface area is 94.2 Å². The first-order valence-corrected chi connectivity index (χ1v) is 5.32. The maximum atomic E-state index is 11.5. The van der Waals surface area contributed by atoms with Crippen LogP contribution in [-0.4, -0.2) is 24.7 Å². The standard InChI is InChI=1S/C12H15NO3/c1-16-10-6-3-2-5-9(10)12(11(14)15)7-4-8-13-12/h2-3,5-6,13H,4,7-8H2,1H3,(H,14,15)/t12-/m1/s1. The van der Waals surface area contributed by atoms with Gasteiger partial charge in [0, 0.05) is 5.56 Å². The van der Waals surface area contributed by atoms with E-state index in [0.29, 0.717) is 17.7 Å². The molecule has 0 aromatic heterocycles. The Morgan fingerprint density at radius 3 is 2.81 bits per heavy atom. The molecule has 0 amide bonds. The summed E-state index contributed by atoms with van der Waals surface area (Å²) in [5.74, 6) is -0.214. The van der Waals surface area contributed by atoms with E-state index in [9.17, 15) is 9.90 Å². The first kappa shape index (κ1) is 11.0. The molecule has 4 nitrogen and oxygen atoms in total. The predicted octanol–water partition coefficient (Wildman–Crippen LogP) is 1.36. The lowest BCUT2D eigenvalue weighted by atomic mass is 9.88. The molecular formula is C12H15NO3. The number of para-hydroxylation sites is 1. The Morgan fingerprint density at radius 2 is 2.25 bits per heavy atom. The van der Waals surface area contributed by atoms with Crippen LogP contribution in [0.5, 0.6) is 5.75 Å². The van der Waals surface area contributed by atoms with Crippen LogP contribution >= 0.6 is 0 Å². The molecule has 1 aliphatic rings. The maximum absolute atomic E-state index is 11.5. The third kappa shape index (κ3) is 1.55. The van der Waals surface area contributed by atoms with Crippen LogP contribution in [0.25, 0.3) is 0 Å². The number of nitrogens with one attached hydrogen (secondary N) is 1. The van der Waals surface area contributed by atoms with Crippen molar-refractivity contribution in [1.82, 2.24) is 5.32 Å². The van der Waals surface area contributed by atoms with Crippen molar-refractivity contribution in [3.63, 3.8) is 0 Å². The van der Waals surface area contributed by atoms with E-state index in [1.807, 2.05) is 18.2 Å². The molecule has 0 saturated carbocycles. The molecule has 2 N–H and O–H groups in total. The van der Waals surface area contributed by atoms with E-state index in [4.69, 9.17) is 4.74 Å². The van der Waals surface area contributed by atoms with Crippen LogP contribution in [0.1, 0.15) is 18.4 Å². The Balaban J connectivity index is 2.51. The Morgan fingerprint density at radius 1 is 1.50 bits per heavy atom. The van der Waals surface area contributed by atoms with Crippen LogP contribution in [0.2, 0.25) is 0 Å². The van der Waals surface area contributed by atoms with Gasteiger partial charge in [0.2, 0.25) is 0 Å². The predicted molar refractivity (Wildman–Crippen MR) is 59.5 cm³/mol. The van der Waals surface area contributed by atoms with Crippen molar-refractivity contribution in [3.05, 3.63) is 29.8 Å². The van der Waals surface area contributed by atoms with Gasteiger partial charge in [-0.3, -0.25) is 5.32 Å². The molecule has 0 spiro atoms. The highest BCUT2D eigenvalue weighted by atomic mass is 16.5. The second kappa shape index (κ2) is 4.14. The Kier molecular flexibility index (Phi) is 2.83. The molecule has 86 valence electrons. The largest absolute Gasteiger partial charge is 0.496 e. The van der Waals surface area contributed by atoms with Gasteiger partial charge < -0.3 is 9.84 Å². The zero-order chi connectivity index (χ0) is 11.6. The fourth-order valence-corrected chi connectivity index (χ4v) is 2.27. The van der Waals surface area contributed by atoms with E-state index in [1.54, 1.807) is 13.2 Å². The SMILES string of the molecule is COc1ccccc1[C@@]1(C(=O)O)CCCN1. The van der Waals surface area contributed by atoms with E-state index in [0.717, 1.165) is 13.0 Å². The van der Waals surface area contributed by atoms with E-state index in [2.05, 4.69) is 5.32 Å². The molecular weight excluding hydrogens is 206 g/mol. The molecule has 1 heterocycles. The molecule has 0 aliphatic carbocycles. The van der Waals surface area contributed by atoms with E-state index in [-0.39, 0.29) is 0 Å². The summed E-state index contributed by atoms with van der Waals surface area (Å²) in [5.41, 5.74) is -0.269. The molecule has 1 saturated heterocycles. The van der Waals surface area contributed by atoms with E-state index < -0.39 is 11.5 Å². The quantitative estimate of drug-likeness (QED) is 0.809. The summed E-state index contributed by atoms with van der Waals surface area (Å²) in [6.45, 7) is 0.727. The first-order chi connectivity index (χ1) is 7.70. The highest BCUT2D eigenvalue weighted by Gasteiger charge is 2.44. The number of ether oxygens (including phenoxy) is 1. The fraction of sp³-hybridized carbons (Fsp3) is 0.417. The normalized spacial score (nSPS) is 24.3. The summed E-state index contributed by atoms with van der Waals surface area (Å²) in [6.07, 6.45) is 1.47. The average Bonchev–Trinajstić information content (AvgIpc) is 2.79. The Hall–Kier alpha value is -1.55. The highest BCUT2D eigenvalue weighted by molar-refractivity contribution is 5.82. The lowest BCUT2D eigenvalue weighted by Crippen LogP contribution is -2.44. The summed E-state index contributed by atoms with van der Waals surface area (Å²) in [4.78, 5) is 11.5. The van der Waals surface area contributed by atoms with Crippen molar-refractivity contribution in [2.24, 2.45) is 0 Å². The minimum absolute atomic E-state index is 0.600. The van der Waals surface area contributed by atoms with Crippen molar-refractivity contribution in [2.45, 2.75) is 18.4 Å². The molecule has 1 aliphatic heterocycles. The van der Waals surface area contributed by atoms with Gasteiger partial charge in [-0.15, -0.1) is 0 Å².